The van der Waals surface area contributed by atoms with Crippen molar-refractivity contribution in [3.05, 3.63) is 0 Å². The van der Waals surface area contributed by atoms with Crippen molar-refractivity contribution >= 4 is 23.8 Å². The van der Waals surface area contributed by atoms with Gasteiger partial charge >= 0.3 is 12.0 Å². The summed E-state index contributed by atoms with van der Waals surface area (Å²) in [6, 6.07) is -1.62. The van der Waals surface area contributed by atoms with Crippen molar-refractivity contribution in [3.63, 3.8) is 0 Å². The maximum absolute atomic E-state index is 12.7. The molecule has 3 rings (SSSR count). The number of methoxy groups -OCH3 is 1. The SMILES string of the molecule is COCC(C(=O)O)N(C(=O)CCN1C(=O)NC2(CCCC2)C1=O)C1CC1. The van der Waals surface area contributed by atoms with Crippen molar-refractivity contribution in [2.45, 2.75) is 62.6 Å². The molecular weight excluding hydrogens is 342 g/mol. The standard InChI is InChI=1S/C17H25N3O6/c1-26-10-12(14(22)23)20(11-4-5-11)13(21)6-9-19-15(24)17(18-16(19)25)7-2-3-8-17/h11-12H,2-10H2,1H3,(H,18,25)(H,22,23). The Labute approximate surface area is 151 Å². The van der Waals surface area contributed by atoms with Crippen molar-refractivity contribution in [2.75, 3.05) is 20.3 Å². The highest BCUT2D eigenvalue weighted by molar-refractivity contribution is 6.07. The quantitative estimate of drug-likeness (QED) is 0.597. The molecule has 2 N–H and O–H groups in total. The van der Waals surface area contributed by atoms with E-state index in [2.05, 4.69) is 5.32 Å². The summed E-state index contributed by atoms with van der Waals surface area (Å²) >= 11 is 0. The smallest absolute Gasteiger partial charge is 0.328 e. The Balaban J connectivity index is 1.64. The summed E-state index contributed by atoms with van der Waals surface area (Å²) in [5.74, 6) is -1.76. The number of hydrogen-bond acceptors (Lipinski definition) is 5. The first-order chi connectivity index (χ1) is 12.4. The number of carbonyl (C=O) groups is 4. The lowest BCUT2D eigenvalue weighted by molar-refractivity contribution is -0.153. The third-order valence-corrected chi connectivity index (χ3v) is 5.43. The van der Waals surface area contributed by atoms with Crippen LogP contribution < -0.4 is 5.32 Å². The van der Waals surface area contributed by atoms with Crippen LogP contribution >= 0.6 is 0 Å². The van der Waals surface area contributed by atoms with Gasteiger partial charge in [-0.25, -0.2) is 9.59 Å². The molecule has 1 aliphatic heterocycles. The van der Waals surface area contributed by atoms with Crippen LogP contribution in [0.2, 0.25) is 0 Å². The molecular formula is C17H25N3O6. The molecule has 1 atom stereocenters. The van der Waals surface area contributed by atoms with Crippen LogP contribution in [-0.4, -0.2) is 76.6 Å². The highest BCUT2D eigenvalue weighted by atomic mass is 16.5. The van der Waals surface area contributed by atoms with Crippen LogP contribution in [0, 0.1) is 0 Å². The zero-order chi connectivity index (χ0) is 18.9. The second kappa shape index (κ2) is 7.22. The number of amides is 4. The first kappa shape index (κ1) is 18.6. The maximum Gasteiger partial charge on any atom is 0.328 e. The largest absolute Gasteiger partial charge is 0.480 e. The molecule has 0 aromatic rings. The molecule has 1 unspecified atom stereocenters. The number of carboxylic acid groups (broad SMARTS) is 1. The van der Waals surface area contributed by atoms with Gasteiger partial charge in [0.05, 0.1) is 6.61 Å². The summed E-state index contributed by atoms with van der Waals surface area (Å²) in [4.78, 5) is 51.4. The molecule has 9 nitrogen and oxygen atoms in total. The van der Waals surface area contributed by atoms with Gasteiger partial charge in [0.1, 0.15) is 5.54 Å². The Hall–Kier alpha value is -2.16. The Bertz CT molecular complexity index is 612. The van der Waals surface area contributed by atoms with Gasteiger partial charge in [0.15, 0.2) is 6.04 Å². The summed E-state index contributed by atoms with van der Waals surface area (Å²) < 4.78 is 4.95. The van der Waals surface area contributed by atoms with E-state index < -0.39 is 23.6 Å². The van der Waals surface area contributed by atoms with E-state index in [-0.39, 0.29) is 37.4 Å². The molecule has 0 radical (unpaired) electrons. The number of carbonyl (C=O) groups excluding carboxylic acids is 3. The fourth-order valence-electron chi connectivity index (χ4n) is 3.95. The highest BCUT2D eigenvalue weighted by Gasteiger charge is 2.52. The molecule has 2 aliphatic carbocycles. The van der Waals surface area contributed by atoms with E-state index >= 15 is 0 Å². The summed E-state index contributed by atoms with van der Waals surface area (Å²) in [5, 5.41) is 12.2. The minimum Gasteiger partial charge on any atom is -0.480 e. The van der Waals surface area contributed by atoms with Gasteiger partial charge in [-0.1, -0.05) is 12.8 Å². The van der Waals surface area contributed by atoms with E-state index in [1.807, 2.05) is 0 Å². The van der Waals surface area contributed by atoms with Crippen LogP contribution in [0.5, 0.6) is 0 Å². The van der Waals surface area contributed by atoms with Gasteiger partial charge in [0, 0.05) is 26.1 Å². The fraction of sp³-hybridized carbons (Fsp3) is 0.765. The lowest BCUT2D eigenvalue weighted by atomic mass is 9.98. The monoisotopic (exact) mass is 367 g/mol. The molecule has 1 heterocycles. The molecule has 1 spiro atoms. The molecule has 4 amide bonds. The van der Waals surface area contributed by atoms with Crippen LogP contribution in [-0.2, 0) is 19.1 Å². The molecule has 9 heteroatoms. The summed E-state index contributed by atoms with van der Waals surface area (Å²) in [6.07, 6.45) is 4.48. The number of imide groups is 1. The molecule has 3 aliphatic rings. The molecule has 0 aromatic heterocycles. The van der Waals surface area contributed by atoms with Crippen LogP contribution in [0.25, 0.3) is 0 Å². The zero-order valence-electron chi connectivity index (χ0n) is 14.9. The third-order valence-electron chi connectivity index (χ3n) is 5.43. The van der Waals surface area contributed by atoms with Gasteiger partial charge in [0.25, 0.3) is 5.91 Å². The predicted octanol–water partition coefficient (Wildman–Crippen LogP) is 0.332. The molecule has 26 heavy (non-hydrogen) atoms. The molecule has 3 fully saturated rings. The summed E-state index contributed by atoms with van der Waals surface area (Å²) in [5.41, 5.74) is -0.796. The Morgan fingerprint density at radius 2 is 2.00 bits per heavy atom. The molecule has 2 saturated carbocycles. The zero-order valence-corrected chi connectivity index (χ0v) is 14.9. The van der Waals surface area contributed by atoms with E-state index in [4.69, 9.17) is 4.74 Å². The Morgan fingerprint density at radius 1 is 1.35 bits per heavy atom. The van der Waals surface area contributed by atoms with E-state index in [1.165, 1.54) is 12.0 Å². The van der Waals surface area contributed by atoms with Crippen molar-refractivity contribution in [1.29, 1.82) is 0 Å². The highest BCUT2D eigenvalue weighted by Crippen LogP contribution is 2.35. The second-order valence-corrected chi connectivity index (χ2v) is 7.27. The van der Waals surface area contributed by atoms with Gasteiger partial charge in [-0.15, -0.1) is 0 Å². The summed E-state index contributed by atoms with van der Waals surface area (Å²) in [7, 11) is 1.39. The number of aliphatic carboxylic acids is 1. The molecule has 144 valence electrons. The lowest BCUT2D eigenvalue weighted by Crippen LogP contribution is -2.50. The normalized spacial score (nSPS) is 22.6. The van der Waals surface area contributed by atoms with Crippen LogP contribution in [0.3, 0.4) is 0 Å². The van der Waals surface area contributed by atoms with Crippen molar-refractivity contribution in [2.24, 2.45) is 0 Å². The summed E-state index contributed by atoms with van der Waals surface area (Å²) in [6.45, 7) is -0.127. The van der Waals surface area contributed by atoms with E-state index in [0.29, 0.717) is 12.8 Å². The first-order valence-corrected chi connectivity index (χ1v) is 9.06. The van der Waals surface area contributed by atoms with E-state index in [9.17, 15) is 24.3 Å². The third kappa shape index (κ3) is 3.40. The second-order valence-electron chi connectivity index (χ2n) is 7.27. The average Bonchev–Trinajstić information content (AvgIpc) is 3.26. The van der Waals surface area contributed by atoms with Gasteiger partial charge < -0.3 is 20.1 Å². The number of nitrogens with zero attached hydrogens (tertiary/aromatic N) is 2. The van der Waals surface area contributed by atoms with Crippen LogP contribution in [0.15, 0.2) is 0 Å². The Morgan fingerprint density at radius 3 is 2.54 bits per heavy atom. The number of carboxylic acids is 1. The number of rotatable bonds is 8. The lowest BCUT2D eigenvalue weighted by Gasteiger charge is -2.29. The molecule has 0 bridgehead atoms. The number of nitrogens with one attached hydrogen (secondary N) is 1. The maximum atomic E-state index is 12.7. The van der Waals surface area contributed by atoms with E-state index in [1.54, 1.807) is 0 Å². The van der Waals surface area contributed by atoms with Crippen molar-refractivity contribution < 1.29 is 29.0 Å². The fourth-order valence-corrected chi connectivity index (χ4v) is 3.95. The topological polar surface area (TPSA) is 116 Å². The predicted molar refractivity (Wildman–Crippen MR) is 89.2 cm³/mol. The Kier molecular flexibility index (Phi) is 5.17. The van der Waals surface area contributed by atoms with Crippen LogP contribution in [0.4, 0.5) is 4.79 Å². The molecule has 1 saturated heterocycles. The van der Waals surface area contributed by atoms with Crippen LogP contribution in [0.1, 0.15) is 44.9 Å². The number of urea groups is 1. The number of ether oxygens (including phenoxy) is 1. The van der Waals surface area contributed by atoms with Gasteiger partial charge in [-0.05, 0) is 25.7 Å². The molecule has 0 aromatic carbocycles. The number of hydrogen-bond donors (Lipinski definition) is 2. The van der Waals surface area contributed by atoms with Crippen molar-refractivity contribution in [3.8, 4) is 0 Å². The van der Waals surface area contributed by atoms with Crippen molar-refractivity contribution in [1.82, 2.24) is 15.1 Å². The van der Waals surface area contributed by atoms with Gasteiger partial charge in [0.2, 0.25) is 5.91 Å². The van der Waals surface area contributed by atoms with Gasteiger partial charge in [-0.3, -0.25) is 14.5 Å². The average molecular weight is 367 g/mol. The van der Waals surface area contributed by atoms with E-state index in [0.717, 1.165) is 30.6 Å². The van der Waals surface area contributed by atoms with Gasteiger partial charge in [-0.2, -0.15) is 0 Å². The minimum absolute atomic E-state index is 0.0339. The minimum atomic E-state index is -1.12. The first-order valence-electron chi connectivity index (χ1n) is 9.06.